The first-order chi connectivity index (χ1) is 11.1. The number of hydrogen-bond donors (Lipinski definition) is 0. The molecule has 1 aromatic rings. The lowest BCUT2D eigenvalue weighted by atomic mass is 10.1. The molecule has 1 aromatic carbocycles. The third kappa shape index (κ3) is 5.36. The molecule has 2 rings (SSSR count). The van der Waals surface area contributed by atoms with Gasteiger partial charge in [0.05, 0.1) is 6.61 Å². The Kier molecular flexibility index (Phi) is 6.59. The van der Waals surface area contributed by atoms with Crippen molar-refractivity contribution in [2.24, 2.45) is 5.92 Å². The summed E-state index contributed by atoms with van der Waals surface area (Å²) in [5.74, 6) is -0.389. The first-order valence-corrected chi connectivity index (χ1v) is 8.23. The Balaban J connectivity index is 1.95. The predicted molar refractivity (Wildman–Crippen MR) is 86.6 cm³/mol. The van der Waals surface area contributed by atoms with Gasteiger partial charge in [-0.2, -0.15) is 0 Å². The van der Waals surface area contributed by atoms with E-state index in [-0.39, 0.29) is 24.0 Å². The van der Waals surface area contributed by atoms with Gasteiger partial charge in [-0.15, -0.1) is 0 Å². The average Bonchev–Trinajstić information content (AvgIpc) is 2.94. The smallest absolute Gasteiger partial charge is 0.305 e. The highest BCUT2D eigenvalue weighted by atomic mass is 16.6. The van der Waals surface area contributed by atoms with E-state index in [2.05, 4.69) is 17.0 Å². The molecule has 0 aliphatic carbocycles. The Morgan fingerprint density at radius 1 is 1.09 bits per heavy atom. The van der Waals surface area contributed by atoms with Crippen LogP contribution in [0.15, 0.2) is 30.3 Å². The summed E-state index contributed by atoms with van der Waals surface area (Å²) in [6.07, 6.45) is 0.507. The normalized spacial score (nSPS) is 21.1. The van der Waals surface area contributed by atoms with Crippen molar-refractivity contribution in [1.29, 1.82) is 0 Å². The zero-order valence-electron chi connectivity index (χ0n) is 13.9. The van der Waals surface area contributed by atoms with Crippen LogP contribution in [0, 0.1) is 5.92 Å². The summed E-state index contributed by atoms with van der Waals surface area (Å²) in [4.78, 5) is 25.3. The van der Waals surface area contributed by atoms with Crippen molar-refractivity contribution >= 4 is 11.9 Å². The van der Waals surface area contributed by atoms with E-state index in [4.69, 9.17) is 9.47 Å². The van der Waals surface area contributed by atoms with Gasteiger partial charge < -0.3 is 9.47 Å². The fourth-order valence-corrected chi connectivity index (χ4v) is 2.75. The fourth-order valence-electron chi connectivity index (χ4n) is 2.75. The van der Waals surface area contributed by atoms with Crippen LogP contribution in [-0.2, 0) is 25.6 Å². The molecule has 0 N–H and O–H groups in total. The van der Waals surface area contributed by atoms with Gasteiger partial charge in [0.15, 0.2) is 0 Å². The number of ether oxygens (including phenoxy) is 2. The number of benzene rings is 1. The first-order valence-electron chi connectivity index (χ1n) is 8.23. The van der Waals surface area contributed by atoms with Crippen LogP contribution < -0.4 is 0 Å². The molecular formula is C18H25NO4. The van der Waals surface area contributed by atoms with Crippen LogP contribution in [0.25, 0.3) is 0 Å². The molecule has 1 fully saturated rings. The number of esters is 2. The molecular weight excluding hydrogens is 294 g/mol. The zero-order valence-corrected chi connectivity index (χ0v) is 13.9. The Morgan fingerprint density at radius 3 is 2.43 bits per heavy atom. The summed E-state index contributed by atoms with van der Waals surface area (Å²) in [6, 6.07) is 10.2. The van der Waals surface area contributed by atoms with Crippen molar-refractivity contribution in [3.63, 3.8) is 0 Å². The molecule has 5 heteroatoms. The van der Waals surface area contributed by atoms with Crippen LogP contribution in [-0.4, -0.2) is 42.6 Å². The Morgan fingerprint density at radius 2 is 1.78 bits per heavy atom. The van der Waals surface area contributed by atoms with Gasteiger partial charge in [0, 0.05) is 38.4 Å². The number of rotatable bonds is 7. The van der Waals surface area contributed by atoms with E-state index in [1.54, 1.807) is 13.8 Å². The molecule has 23 heavy (non-hydrogen) atoms. The molecule has 1 heterocycles. The van der Waals surface area contributed by atoms with Crippen LogP contribution in [0.2, 0.25) is 0 Å². The number of hydrogen-bond acceptors (Lipinski definition) is 5. The molecule has 1 aliphatic rings. The molecule has 2 atom stereocenters. The molecule has 126 valence electrons. The average molecular weight is 319 g/mol. The summed E-state index contributed by atoms with van der Waals surface area (Å²) in [5.41, 5.74) is 1.22. The minimum absolute atomic E-state index is 0.0321. The zero-order chi connectivity index (χ0) is 16.7. The molecule has 0 amide bonds. The molecule has 0 saturated carbocycles. The second-order valence-electron chi connectivity index (χ2n) is 5.86. The third-order valence-electron chi connectivity index (χ3n) is 4.02. The van der Waals surface area contributed by atoms with Crippen molar-refractivity contribution in [1.82, 2.24) is 4.90 Å². The maximum Gasteiger partial charge on any atom is 0.305 e. The predicted octanol–water partition coefficient (Wildman–Crippen LogP) is 2.39. The molecule has 0 unspecified atom stereocenters. The number of carbonyl (C=O) groups excluding carboxylic acids is 2. The summed E-state index contributed by atoms with van der Waals surface area (Å²) in [7, 11) is 0. The monoisotopic (exact) mass is 319 g/mol. The molecule has 0 bridgehead atoms. The number of carbonyl (C=O) groups is 2. The van der Waals surface area contributed by atoms with Crippen LogP contribution in [0.4, 0.5) is 0 Å². The van der Waals surface area contributed by atoms with Crippen LogP contribution >= 0.6 is 0 Å². The van der Waals surface area contributed by atoms with Gasteiger partial charge in [-0.25, -0.2) is 0 Å². The summed E-state index contributed by atoms with van der Waals surface area (Å²) in [5, 5.41) is 0. The summed E-state index contributed by atoms with van der Waals surface area (Å²) in [6.45, 7) is 6.10. The Bertz CT molecular complexity index is 517. The van der Waals surface area contributed by atoms with E-state index in [1.165, 1.54) is 5.56 Å². The lowest BCUT2D eigenvalue weighted by Gasteiger charge is -2.18. The quantitative estimate of drug-likeness (QED) is 0.722. The SMILES string of the molecule is CCC(=O)OC[C@@H]1CN(Cc2ccccc2)C[C@H]1OC(=O)CC. The Hall–Kier alpha value is -1.88. The van der Waals surface area contributed by atoms with Gasteiger partial charge in [0.2, 0.25) is 0 Å². The van der Waals surface area contributed by atoms with Crippen molar-refractivity contribution in [2.75, 3.05) is 19.7 Å². The second-order valence-corrected chi connectivity index (χ2v) is 5.86. The maximum absolute atomic E-state index is 11.6. The van der Waals surface area contributed by atoms with Gasteiger partial charge in [0.25, 0.3) is 0 Å². The number of nitrogens with zero attached hydrogens (tertiary/aromatic N) is 1. The van der Waals surface area contributed by atoms with E-state index >= 15 is 0 Å². The van der Waals surface area contributed by atoms with E-state index in [9.17, 15) is 9.59 Å². The van der Waals surface area contributed by atoms with Gasteiger partial charge in [0.1, 0.15) is 6.10 Å². The van der Waals surface area contributed by atoms with Gasteiger partial charge in [-0.3, -0.25) is 14.5 Å². The molecule has 0 aromatic heterocycles. The van der Waals surface area contributed by atoms with Crippen molar-refractivity contribution < 1.29 is 19.1 Å². The highest BCUT2D eigenvalue weighted by Gasteiger charge is 2.36. The van der Waals surface area contributed by atoms with Crippen LogP contribution in [0.3, 0.4) is 0 Å². The maximum atomic E-state index is 11.6. The summed E-state index contributed by atoms with van der Waals surface area (Å²) >= 11 is 0. The Labute approximate surface area is 137 Å². The topological polar surface area (TPSA) is 55.8 Å². The van der Waals surface area contributed by atoms with E-state index < -0.39 is 0 Å². The van der Waals surface area contributed by atoms with Crippen molar-refractivity contribution in [2.45, 2.75) is 39.3 Å². The van der Waals surface area contributed by atoms with E-state index in [0.717, 1.165) is 13.1 Å². The second kappa shape index (κ2) is 8.67. The molecule has 1 saturated heterocycles. The van der Waals surface area contributed by atoms with E-state index in [1.807, 2.05) is 18.2 Å². The van der Waals surface area contributed by atoms with E-state index in [0.29, 0.717) is 26.0 Å². The largest absolute Gasteiger partial charge is 0.465 e. The minimum Gasteiger partial charge on any atom is -0.465 e. The highest BCUT2D eigenvalue weighted by Crippen LogP contribution is 2.23. The number of likely N-dealkylation sites (tertiary alicyclic amines) is 1. The minimum atomic E-state index is -0.216. The molecule has 5 nitrogen and oxygen atoms in total. The fraction of sp³-hybridized carbons (Fsp3) is 0.556. The first kappa shape index (κ1) is 17.5. The summed E-state index contributed by atoms with van der Waals surface area (Å²) < 4.78 is 10.8. The van der Waals surface area contributed by atoms with Crippen molar-refractivity contribution in [3.05, 3.63) is 35.9 Å². The lowest BCUT2D eigenvalue weighted by molar-refractivity contribution is -0.152. The lowest BCUT2D eigenvalue weighted by Crippen LogP contribution is -2.29. The van der Waals surface area contributed by atoms with Gasteiger partial charge in [-0.05, 0) is 5.56 Å². The molecule has 1 aliphatic heterocycles. The standard InChI is InChI=1S/C18H25NO4/c1-3-17(20)22-13-15-11-19(10-14-8-6-5-7-9-14)12-16(15)23-18(21)4-2/h5-9,15-16H,3-4,10-13H2,1-2H3/t15-,16+/m0/s1. The molecule has 0 radical (unpaired) electrons. The van der Waals surface area contributed by atoms with Crippen LogP contribution in [0.1, 0.15) is 32.3 Å². The van der Waals surface area contributed by atoms with Gasteiger partial charge in [-0.1, -0.05) is 44.2 Å². The molecule has 0 spiro atoms. The van der Waals surface area contributed by atoms with Crippen molar-refractivity contribution in [3.8, 4) is 0 Å². The third-order valence-corrected chi connectivity index (χ3v) is 4.02. The van der Waals surface area contributed by atoms with Crippen LogP contribution in [0.5, 0.6) is 0 Å². The van der Waals surface area contributed by atoms with Gasteiger partial charge >= 0.3 is 11.9 Å². The highest BCUT2D eigenvalue weighted by molar-refractivity contribution is 5.69.